The fourth-order valence-electron chi connectivity index (χ4n) is 3.22. The van der Waals surface area contributed by atoms with Gasteiger partial charge in [-0.15, -0.1) is 0 Å². The summed E-state index contributed by atoms with van der Waals surface area (Å²) in [5, 5.41) is 0. The molecule has 0 radical (unpaired) electrons. The number of thiocarbonyl (C=S) groups is 1. The van der Waals surface area contributed by atoms with Gasteiger partial charge in [0, 0.05) is 12.2 Å². The summed E-state index contributed by atoms with van der Waals surface area (Å²) in [4.78, 5) is 15.1. The smallest absolute Gasteiger partial charge is 0.266 e. The van der Waals surface area contributed by atoms with Crippen LogP contribution in [0.2, 0.25) is 0 Å². The van der Waals surface area contributed by atoms with Gasteiger partial charge in [-0.3, -0.25) is 9.69 Å². The normalized spacial score (nSPS) is 27.5. The Bertz CT molecular complexity index is 781. The van der Waals surface area contributed by atoms with Gasteiger partial charge >= 0.3 is 0 Å². The lowest BCUT2D eigenvalue weighted by molar-refractivity contribution is -0.123. The second-order valence-electron chi connectivity index (χ2n) is 6.37. The lowest BCUT2D eigenvalue weighted by Crippen LogP contribution is -2.35. The molecule has 1 aromatic rings. The van der Waals surface area contributed by atoms with Crippen molar-refractivity contribution in [1.29, 1.82) is 0 Å². The zero-order valence-electron chi connectivity index (χ0n) is 13.9. The quantitative estimate of drug-likeness (QED) is 0.596. The van der Waals surface area contributed by atoms with Crippen LogP contribution >= 0.6 is 24.0 Å². The molecular weight excluding hydrogens is 354 g/mol. The van der Waals surface area contributed by atoms with Gasteiger partial charge in [-0.2, -0.15) is 0 Å². The van der Waals surface area contributed by atoms with Gasteiger partial charge in [0.15, 0.2) is 0 Å². The van der Waals surface area contributed by atoms with Crippen molar-refractivity contribution in [3.63, 3.8) is 0 Å². The number of hydrogen-bond acceptors (Lipinski definition) is 5. The molecule has 0 saturated carbocycles. The Labute approximate surface area is 156 Å². The largest absolute Gasteiger partial charge is 0.485 e. The van der Waals surface area contributed by atoms with E-state index in [0.29, 0.717) is 15.8 Å². The van der Waals surface area contributed by atoms with Crippen LogP contribution in [0.25, 0.3) is 6.08 Å². The summed E-state index contributed by atoms with van der Waals surface area (Å²) in [5.41, 5.74) is 2.01. The molecule has 4 nitrogen and oxygen atoms in total. The molecule has 4 rings (SSSR count). The van der Waals surface area contributed by atoms with Crippen LogP contribution in [0.4, 0.5) is 0 Å². The zero-order valence-corrected chi connectivity index (χ0v) is 15.6. The van der Waals surface area contributed by atoms with E-state index in [1.165, 1.54) is 11.8 Å². The molecule has 1 amide bonds. The van der Waals surface area contributed by atoms with Crippen LogP contribution in [0.5, 0.6) is 5.75 Å². The number of carbonyl (C=O) groups is 1. The highest BCUT2D eigenvalue weighted by Gasteiger charge is 2.35. The predicted octanol–water partition coefficient (Wildman–Crippen LogP) is 3.77. The maximum Gasteiger partial charge on any atom is 0.266 e. The molecule has 0 unspecified atom stereocenters. The Morgan fingerprint density at radius 3 is 3.04 bits per heavy atom. The molecule has 0 spiro atoms. The topological polar surface area (TPSA) is 38.8 Å². The summed E-state index contributed by atoms with van der Waals surface area (Å²) in [5.74, 6) is 0.843. The number of amides is 1. The molecule has 0 aliphatic carbocycles. The van der Waals surface area contributed by atoms with Crippen molar-refractivity contribution in [2.75, 3.05) is 13.2 Å². The fourth-order valence-corrected chi connectivity index (χ4v) is 4.50. The van der Waals surface area contributed by atoms with E-state index in [9.17, 15) is 4.79 Å². The summed E-state index contributed by atoms with van der Waals surface area (Å²) >= 11 is 6.77. The van der Waals surface area contributed by atoms with Gasteiger partial charge in [0.05, 0.1) is 17.6 Å². The summed E-state index contributed by atoms with van der Waals surface area (Å²) in [7, 11) is 0. The first-order valence-electron chi connectivity index (χ1n) is 8.46. The zero-order chi connectivity index (χ0) is 17.4. The number of fused-ring (bicyclic) bond motifs is 1. The van der Waals surface area contributed by atoms with Crippen LogP contribution < -0.4 is 4.74 Å². The van der Waals surface area contributed by atoms with E-state index >= 15 is 0 Å². The Hall–Kier alpha value is -1.63. The van der Waals surface area contributed by atoms with Crippen LogP contribution in [0.1, 0.15) is 25.3 Å². The number of para-hydroxylation sites is 1. The summed E-state index contributed by atoms with van der Waals surface area (Å²) in [6.45, 7) is 3.32. The third-order valence-corrected chi connectivity index (χ3v) is 5.97. The number of hydrogen-bond donors (Lipinski definition) is 0. The van der Waals surface area contributed by atoms with Gasteiger partial charge in [-0.05, 0) is 43.6 Å². The molecule has 25 heavy (non-hydrogen) atoms. The van der Waals surface area contributed by atoms with E-state index in [1.54, 1.807) is 4.90 Å². The molecular formula is C19H19NO3S2. The molecule has 3 aliphatic rings. The van der Waals surface area contributed by atoms with Gasteiger partial charge < -0.3 is 9.47 Å². The second-order valence-corrected chi connectivity index (χ2v) is 8.05. The van der Waals surface area contributed by atoms with Crippen LogP contribution in [-0.2, 0) is 9.53 Å². The van der Waals surface area contributed by atoms with Gasteiger partial charge in [-0.1, -0.05) is 42.2 Å². The molecule has 1 aromatic carbocycles. The molecule has 6 heteroatoms. The van der Waals surface area contributed by atoms with Crippen molar-refractivity contribution in [1.82, 2.24) is 4.90 Å². The first kappa shape index (κ1) is 16.8. The third kappa shape index (κ3) is 3.38. The molecule has 2 atom stereocenters. The van der Waals surface area contributed by atoms with Gasteiger partial charge in [0.25, 0.3) is 5.91 Å². The van der Waals surface area contributed by atoms with Crippen molar-refractivity contribution >= 4 is 40.3 Å². The highest BCUT2D eigenvalue weighted by atomic mass is 32.2. The van der Waals surface area contributed by atoms with Crippen molar-refractivity contribution < 1.29 is 14.3 Å². The SMILES string of the molecule is C[C@H]1Oc2ccccc2C=C1/C=C1\SC(=S)N(C[C@H]2CCCO2)C1=O. The first-order chi connectivity index (χ1) is 12.1. The van der Waals surface area contributed by atoms with E-state index in [0.717, 1.165) is 36.3 Å². The summed E-state index contributed by atoms with van der Waals surface area (Å²) in [6, 6.07) is 7.91. The first-order valence-corrected chi connectivity index (χ1v) is 9.68. The van der Waals surface area contributed by atoms with Crippen LogP contribution in [0, 0.1) is 0 Å². The fraction of sp³-hybridized carbons (Fsp3) is 0.368. The van der Waals surface area contributed by atoms with E-state index < -0.39 is 0 Å². The summed E-state index contributed by atoms with van der Waals surface area (Å²) in [6.07, 6.45) is 6.03. The maximum absolute atomic E-state index is 12.8. The minimum atomic E-state index is -0.100. The number of carbonyl (C=O) groups excluding carboxylic acids is 1. The van der Waals surface area contributed by atoms with Crippen LogP contribution in [-0.4, -0.2) is 40.5 Å². The van der Waals surface area contributed by atoms with Gasteiger partial charge in [0.2, 0.25) is 0 Å². The molecule has 0 N–H and O–H groups in total. The minimum Gasteiger partial charge on any atom is -0.485 e. The van der Waals surface area contributed by atoms with E-state index in [4.69, 9.17) is 21.7 Å². The Balaban J connectivity index is 1.56. The summed E-state index contributed by atoms with van der Waals surface area (Å²) < 4.78 is 12.2. The van der Waals surface area contributed by atoms with Crippen molar-refractivity contribution in [3.8, 4) is 5.75 Å². The average molecular weight is 373 g/mol. The number of rotatable bonds is 3. The van der Waals surface area contributed by atoms with Gasteiger partial charge in [0.1, 0.15) is 16.2 Å². The van der Waals surface area contributed by atoms with Crippen LogP contribution in [0.15, 0.2) is 40.8 Å². The van der Waals surface area contributed by atoms with Crippen LogP contribution in [0.3, 0.4) is 0 Å². The lowest BCUT2D eigenvalue weighted by Gasteiger charge is -2.23. The van der Waals surface area contributed by atoms with Crippen molar-refractivity contribution in [2.24, 2.45) is 0 Å². The molecule has 2 fully saturated rings. The highest BCUT2D eigenvalue weighted by molar-refractivity contribution is 8.26. The Morgan fingerprint density at radius 2 is 2.24 bits per heavy atom. The molecule has 3 heterocycles. The third-order valence-electron chi connectivity index (χ3n) is 4.60. The number of nitrogens with zero attached hydrogens (tertiary/aromatic N) is 1. The minimum absolute atomic E-state index is 0.0301. The number of benzene rings is 1. The molecule has 2 saturated heterocycles. The standard InChI is InChI=1S/C19H19NO3S2/c1-12-14(9-13-5-2-3-7-16(13)23-12)10-17-18(21)20(19(24)25-17)11-15-6-4-8-22-15/h2-3,5,7,9-10,12,15H,4,6,8,11H2,1H3/b17-10-/t12-,15-/m1/s1. The average Bonchev–Trinajstić information content (AvgIpc) is 3.20. The molecule has 130 valence electrons. The van der Waals surface area contributed by atoms with Gasteiger partial charge in [-0.25, -0.2) is 0 Å². The maximum atomic E-state index is 12.8. The van der Waals surface area contributed by atoms with E-state index in [1.807, 2.05) is 37.3 Å². The monoisotopic (exact) mass is 373 g/mol. The second kappa shape index (κ2) is 6.94. The van der Waals surface area contributed by atoms with Crippen molar-refractivity contribution in [2.45, 2.75) is 32.0 Å². The Morgan fingerprint density at radius 1 is 1.40 bits per heavy atom. The highest BCUT2D eigenvalue weighted by Crippen LogP contribution is 2.36. The molecule has 3 aliphatic heterocycles. The molecule has 0 bridgehead atoms. The van der Waals surface area contributed by atoms with E-state index in [2.05, 4.69) is 6.08 Å². The number of thioether (sulfide) groups is 1. The lowest BCUT2D eigenvalue weighted by atomic mass is 10.0. The Kier molecular flexibility index (Phi) is 4.67. The van der Waals surface area contributed by atoms with E-state index in [-0.39, 0.29) is 18.1 Å². The number of ether oxygens (including phenoxy) is 2. The molecule has 0 aromatic heterocycles. The predicted molar refractivity (Wildman–Crippen MR) is 103 cm³/mol. The van der Waals surface area contributed by atoms with Crippen molar-refractivity contribution in [3.05, 3.63) is 46.4 Å².